The molecule has 1 fully saturated rings. The van der Waals surface area contributed by atoms with E-state index in [1.54, 1.807) is 6.07 Å². The molecule has 3 rings (SSSR count). The molecular weight excluding hydrogens is 289 g/mol. The van der Waals surface area contributed by atoms with Crippen LogP contribution in [0.25, 0.3) is 5.57 Å². The lowest BCUT2D eigenvalue weighted by molar-refractivity contribution is 0.243. The van der Waals surface area contributed by atoms with Gasteiger partial charge in [0.15, 0.2) is 0 Å². The van der Waals surface area contributed by atoms with E-state index in [0.29, 0.717) is 12.0 Å². The average Bonchev–Trinajstić information content (AvgIpc) is 2.63. The van der Waals surface area contributed by atoms with Gasteiger partial charge in [-0.2, -0.15) is 0 Å². The van der Waals surface area contributed by atoms with Gasteiger partial charge >= 0.3 is 0 Å². The molecule has 2 bridgehead atoms. The third-order valence-electron chi connectivity index (χ3n) is 4.86. The zero-order chi connectivity index (χ0) is 14.5. The number of fused-ring (bicyclic) bond motifs is 2. The smallest absolute Gasteiger partial charge is 0.127 e. The van der Waals surface area contributed by atoms with Crippen molar-refractivity contribution < 1.29 is 9.50 Å². The van der Waals surface area contributed by atoms with Crippen molar-refractivity contribution in [1.82, 2.24) is 4.90 Å². The van der Waals surface area contributed by atoms with Crippen LogP contribution < -0.4 is 0 Å². The summed E-state index contributed by atoms with van der Waals surface area (Å²) in [7, 11) is 4.16. The highest BCUT2D eigenvalue weighted by Gasteiger charge is 2.44. The standard InChI is InChI=1S/C17H22FNO.ClH/c1-17-5-4-11(9-17)16(19(2)3)15(10-17)12-6-13(18)8-14(20)7-12;/h6-8,10-11,16,20H,4-5,9H2,1-3H3;1H. The molecule has 0 radical (unpaired) electrons. The number of rotatable bonds is 2. The molecule has 21 heavy (non-hydrogen) atoms. The molecule has 0 aliphatic heterocycles. The summed E-state index contributed by atoms with van der Waals surface area (Å²) >= 11 is 0. The zero-order valence-electron chi connectivity index (χ0n) is 12.8. The van der Waals surface area contributed by atoms with Gasteiger partial charge in [-0.25, -0.2) is 4.39 Å². The molecule has 3 unspecified atom stereocenters. The van der Waals surface area contributed by atoms with Gasteiger partial charge in [-0.05, 0) is 68.0 Å². The molecule has 2 nitrogen and oxygen atoms in total. The van der Waals surface area contributed by atoms with E-state index in [1.807, 2.05) is 0 Å². The minimum atomic E-state index is -0.374. The first-order valence-electron chi connectivity index (χ1n) is 7.27. The number of nitrogens with zero attached hydrogens (tertiary/aromatic N) is 1. The first-order chi connectivity index (χ1) is 9.38. The first kappa shape index (κ1) is 16.3. The van der Waals surface area contributed by atoms with E-state index in [9.17, 15) is 9.50 Å². The van der Waals surface area contributed by atoms with Gasteiger partial charge in [0.2, 0.25) is 0 Å². The molecule has 0 spiro atoms. The van der Waals surface area contributed by atoms with Gasteiger partial charge in [-0.3, -0.25) is 0 Å². The van der Waals surface area contributed by atoms with Gasteiger partial charge in [-0.15, -0.1) is 12.4 Å². The van der Waals surface area contributed by atoms with Gasteiger partial charge in [0.1, 0.15) is 11.6 Å². The van der Waals surface area contributed by atoms with E-state index in [-0.39, 0.29) is 29.4 Å². The minimum Gasteiger partial charge on any atom is -0.508 e. The van der Waals surface area contributed by atoms with Crippen LogP contribution in [0.2, 0.25) is 0 Å². The Morgan fingerprint density at radius 2 is 2.00 bits per heavy atom. The Bertz CT molecular complexity index is 552. The highest BCUT2D eigenvalue weighted by molar-refractivity contribution is 5.85. The van der Waals surface area contributed by atoms with Gasteiger partial charge < -0.3 is 10.0 Å². The van der Waals surface area contributed by atoms with Crippen LogP contribution in [0, 0.1) is 17.2 Å². The van der Waals surface area contributed by atoms with Crippen molar-refractivity contribution in [2.24, 2.45) is 11.3 Å². The summed E-state index contributed by atoms with van der Waals surface area (Å²) in [5, 5.41) is 9.68. The Morgan fingerprint density at radius 1 is 1.29 bits per heavy atom. The Kier molecular flexibility index (Phi) is 4.36. The molecule has 0 heterocycles. The quantitative estimate of drug-likeness (QED) is 0.889. The number of phenols is 1. The van der Waals surface area contributed by atoms with Crippen LogP contribution in [0.3, 0.4) is 0 Å². The number of halogens is 2. The number of allylic oxidation sites excluding steroid dienone is 1. The number of aromatic hydroxyl groups is 1. The Balaban J connectivity index is 0.00000161. The Morgan fingerprint density at radius 3 is 2.62 bits per heavy atom. The fourth-order valence-electron chi connectivity index (χ4n) is 4.13. The fraction of sp³-hybridized carbons (Fsp3) is 0.529. The van der Waals surface area contributed by atoms with Crippen molar-refractivity contribution in [3.63, 3.8) is 0 Å². The van der Waals surface area contributed by atoms with Crippen LogP contribution in [0.1, 0.15) is 31.7 Å². The summed E-state index contributed by atoms with van der Waals surface area (Å²) in [6.45, 7) is 2.29. The predicted molar refractivity (Wildman–Crippen MR) is 86.2 cm³/mol. The first-order valence-corrected chi connectivity index (χ1v) is 7.27. The maximum atomic E-state index is 13.6. The number of likely N-dealkylation sites (N-methyl/N-ethyl adjacent to an activating group) is 1. The van der Waals surface area contributed by atoms with E-state index in [4.69, 9.17) is 0 Å². The van der Waals surface area contributed by atoms with Gasteiger partial charge in [0, 0.05) is 12.1 Å². The normalized spacial score (nSPS) is 31.0. The monoisotopic (exact) mass is 311 g/mol. The van der Waals surface area contributed by atoms with E-state index in [1.165, 1.54) is 30.9 Å². The maximum absolute atomic E-state index is 13.6. The number of hydrogen-bond donors (Lipinski definition) is 1. The molecular formula is C17H23ClFNO. The second kappa shape index (κ2) is 5.62. The predicted octanol–water partition coefficient (Wildman–Crippen LogP) is 4.09. The van der Waals surface area contributed by atoms with Crippen LogP contribution >= 0.6 is 12.4 Å². The molecule has 0 amide bonds. The Hall–Kier alpha value is -1.06. The molecule has 3 atom stereocenters. The van der Waals surface area contributed by atoms with Crippen LogP contribution in [-0.4, -0.2) is 30.1 Å². The van der Waals surface area contributed by atoms with Crippen LogP contribution in [0.15, 0.2) is 24.3 Å². The van der Waals surface area contributed by atoms with Crippen molar-refractivity contribution in [3.05, 3.63) is 35.7 Å². The summed E-state index contributed by atoms with van der Waals surface area (Å²) in [6, 6.07) is 4.69. The van der Waals surface area contributed by atoms with Crippen LogP contribution in [0.5, 0.6) is 5.75 Å². The van der Waals surface area contributed by atoms with Crippen molar-refractivity contribution in [3.8, 4) is 5.75 Å². The van der Waals surface area contributed by atoms with E-state index in [2.05, 4.69) is 32.0 Å². The molecule has 0 saturated heterocycles. The van der Waals surface area contributed by atoms with E-state index in [0.717, 1.165) is 11.6 Å². The largest absolute Gasteiger partial charge is 0.508 e. The minimum absolute atomic E-state index is 0. The second-order valence-electron chi connectivity index (χ2n) is 6.86. The number of phenolic OH excluding ortho intramolecular Hbond substituents is 1. The van der Waals surface area contributed by atoms with Crippen molar-refractivity contribution in [2.75, 3.05) is 14.1 Å². The molecule has 1 aromatic carbocycles. The lowest BCUT2D eigenvalue weighted by atomic mass is 9.74. The summed E-state index contributed by atoms with van der Waals surface area (Å²) in [5.74, 6) is 0.253. The van der Waals surface area contributed by atoms with Gasteiger partial charge in [0.05, 0.1) is 0 Å². The van der Waals surface area contributed by atoms with Gasteiger partial charge in [0.25, 0.3) is 0 Å². The second-order valence-corrected chi connectivity index (χ2v) is 6.86. The number of hydrogen-bond acceptors (Lipinski definition) is 2. The lowest BCUT2D eigenvalue weighted by Gasteiger charge is -2.38. The van der Waals surface area contributed by atoms with Crippen molar-refractivity contribution >= 4 is 18.0 Å². The average molecular weight is 312 g/mol. The maximum Gasteiger partial charge on any atom is 0.127 e. The lowest BCUT2D eigenvalue weighted by Crippen LogP contribution is -2.38. The van der Waals surface area contributed by atoms with Crippen molar-refractivity contribution in [2.45, 2.75) is 32.2 Å². The molecule has 116 valence electrons. The summed E-state index contributed by atoms with van der Waals surface area (Å²) in [6.07, 6.45) is 5.95. The SMILES string of the molecule is CN(C)C1C(c2cc(O)cc(F)c2)=CC2(C)CCC1C2.Cl. The number of benzene rings is 1. The third kappa shape index (κ3) is 2.95. The molecule has 0 aromatic heterocycles. The zero-order valence-corrected chi connectivity index (χ0v) is 13.6. The molecule has 1 N–H and O–H groups in total. The summed E-state index contributed by atoms with van der Waals surface area (Å²) < 4.78 is 13.6. The third-order valence-corrected chi connectivity index (χ3v) is 4.86. The summed E-state index contributed by atoms with van der Waals surface area (Å²) in [4.78, 5) is 2.23. The summed E-state index contributed by atoms with van der Waals surface area (Å²) in [5.41, 5.74) is 2.22. The van der Waals surface area contributed by atoms with Crippen LogP contribution in [-0.2, 0) is 0 Å². The Labute approximate surface area is 132 Å². The van der Waals surface area contributed by atoms with E-state index >= 15 is 0 Å². The molecule has 2 aliphatic rings. The molecule has 1 saturated carbocycles. The van der Waals surface area contributed by atoms with E-state index < -0.39 is 0 Å². The van der Waals surface area contributed by atoms with Crippen LogP contribution in [0.4, 0.5) is 4.39 Å². The molecule has 1 aromatic rings. The highest BCUT2D eigenvalue weighted by Crippen LogP contribution is 2.52. The molecule has 4 heteroatoms. The van der Waals surface area contributed by atoms with Gasteiger partial charge in [-0.1, -0.05) is 13.0 Å². The fourth-order valence-corrected chi connectivity index (χ4v) is 4.13. The van der Waals surface area contributed by atoms with Crippen molar-refractivity contribution in [1.29, 1.82) is 0 Å². The molecule has 2 aliphatic carbocycles. The highest BCUT2D eigenvalue weighted by atomic mass is 35.5. The topological polar surface area (TPSA) is 23.5 Å².